The van der Waals surface area contributed by atoms with Crippen LogP contribution in [0.25, 0.3) is 27.6 Å². The second kappa shape index (κ2) is 10.4. The molecule has 0 atom stereocenters. The van der Waals surface area contributed by atoms with E-state index in [-0.39, 0.29) is 23.6 Å². The summed E-state index contributed by atoms with van der Waals surface area (Å²) in [5, 5.41) is 7.03. The summed E-state index contributed by atoms with van der Waals surface area (Å²) in [6, 6.07) is 15.1. The van der Waals surface area contributed by atoms with Gasteiger partial charge in [0.2, 0.25) is 0 Å². The fourth-order valence-electron chi connectivity index (χ4n) is 4.34. The van der Waals surface area contributed by atoms with E-state index in [4.69, 9.17) is 6.57 Å². The quantitative estimate of drug-likeness (QED) is 0.296. The van der Waals surface area contributed by atoms with Crippen molar-refractivity contribution in [1.82, 2.24) is 29.2 Å². The number of pyridine rings is 1. The molecule has 0 saturated carbocycles. The van der Waals surface area contributed by atoms with E-state index in [9.17, 15) is 22.8 Å². The third-order valence-electron chi connectivity index (χ3n) is 6.19. The van der Waals surface area contributed by atoms with Crippen LogP contribution < -0.4 is 11.0 Å². The Morgan fingerprint density at radius 2 is 1.80 bits per heavy atom. The van der Waals surface area contributed by atoms with E-state index in [1.54, 1.807) is 61.8 Å². The Kier molecular flexibility index (Phi) is 6.79. The molecule has 0 unspecified atom stereocenters. The molecule has 0 saturated heterocycles. The molecular weight excluding hydrogens is 523 g/mol. The number of nitrogens with zero attached hydrogens (tertiary/aromatic N) is 6. The van der Waals surface area contributed by atoms with Crippen molar-refractivity contribution in [2.75, 3.05) is 0 Å². The fraction of sp³-hybridized carbons (Fsp3) is 0.107. The highest BCUT2D eigenvalue weighted by Crippen LogP contribution is 2.32. The van der Waals surface area contributed by atoms with Gasteiger partial charge in [0, 0.05) is 18.9 Å². The zero-order chi connectivity index (χ0) is 28.4. The molecule has 5 aromatic rings. The van der Waals surface area contributed by atoms with Gasteiger partial charge < -0.3 is 5.32 Å². The zero-order valence-electron chi connectivity index (χ0n) is 20.9. The maximum atomic E-state index is 13.8. The average Bonchev–Trinajstić information content (AvgIpc) is 3.53. The van der Waals surface area contributed by atoms with Gasteiger partial charge in [-0.15, -0.1) is 0 Å². The van der Waals surface area contributed by atoms with E-state index >= 15 is 0 Å². The lowest BCUT2D eigenvalue weighted by Crippen LogP contribution is -2.37. The summed E-state index contributed by atoms with van der Waals surface area (Å²) in [5.74, 6) is 0. The standard InChI is InChI=1S/C28H20F3N7O2/c1-18-25(24-12-14-35-38(24)22-10-8-21(32-2)9-11-22)37(26(39)34-17-19-5-4-13-33-16-19)27(40)36(18)23-7-3-6-20(15-23)28(29,30)31/h3-16H,17H2,1H3,(H,34,39). The number of hydrogen-bond acceptors (Lipinski definition) is 4. The maximum absolute atomic E-state index is 13.8. The van der Waals surface area contributed by atoms with E-state index in [0.29, 0.717) is 22.6 Å². The van der Waals surface area contributed by atoms with Crippen LogP contribution in [0.15, 0.2) is 90.1 Å². The molecule has 0 radical (unpaired) electrons. The number of hydrogen-bond donors (Lipinski definition) is 1. The number of nitrogens with one attached hydrogen (secondary N) is 1. The summed E-state index contributed by atoms with van der Waals surface area (Å²) in [7, 11) is 0. The first-order valence-corrected chi connectivity index (χ1v) is 11.9. The van der Waals surface area contributed by atoms with Gasteiger partial charge in [-0.1, -0.05) is 24.3 Å². The molecule has 0 spiro atoms. The predicted molar refractivity (Wildman–Crippen MR) is 140 cm³/mol. The van der Waals surface area contributed by atoms with Crippen molar-refractivity contribution in [3.05, 3.63) is 124 Å². The molecule has 40 heavy (non-hydrogen) atoms. The van der Waals surface area contributed by atoms with Crippen LogP contribution in [0.1, 0.15) is 16.8 Å². The monoisotopic (exact) mass is 543 g/mol. The number of alkyl halides is 3. The molecule has 3 aromatic heterocycles. The van der Waals surface area contributed by atoms with Crippen molar-refractivity contribution in [2.45, 2.75) is 19.6 Å². The minimum atomic E-state index is -4.63. The first kappa shape index (κ1) is 26.2. The molecule has 0 aliphatic carbocycles. The summed E-state index contributed by atoms with van der Waals surface area (Å²) in [5.41, 5.74) is 0.507. The van der Waals surface area contributed by atoms with Crippen LogP contribution in [-0.4, -0.2) is 29.9 Å². The normalized spacial score (nSPS) is 11.3. The van der Waals surface area contributed by atoms with E-state index in [1.807, 2.05) is 0 Å². The smallest absolute Gasteiger partial charge is 0.333 e. The number of amides is 1. The molecule has 200 valence electrons. The SMILES string of the molecule is [C-]#[N+]c1ccc(-n2nccc2-c2c(C)n(-c3cccc(C(F)(F)F)c3)c(=O)n2C(=O)NCc2cccnc2)cc1. The molecule has 9 nitrogen and oxygen atoms in total. The lowest BCUT2D eigenvalue weighted by atomic mass is 10.2. The predicted octanol–water partition coefficient (Wildman–Crippen LogP) is 5.52. The molecule has 0 aliphatic rings. The van der Waals surface area contributed by atoms with Crippen LogP contribution in [-0.2, 0) is 12.7 Å². The first-order chi connectivity index (χ1) is 19.2. The van der Waals surface area contributed by atoms with Gasteiger partial charge in [-0.25, -0.2) is 23.7 Å². The van der Waals surface area contributed by atoms with Gasteiger partial charge in [0.05, 0.1) is 41.1 Å². The van der Waals surface area contributed by atoms with Crippen LogP contribution in [0.3, 0.4) is 0 Å². The number of rotatable bonds is 5. The van der Waals surface area contributed by atoms with Crippen LogP contribution in [0, 0.1) is 13.5 Å². The van der Waals surface area contributed by atoms with Crippen LogP contribution in [0.2, 0.25) is 0 Å². The van der Waals surface area contributed by atoms with Gasteiger partial charge in [-0.2, -0.15) is 18.3 Å². The molecule has 3 heterocycles. The van der Waals surface area contributed by atoms with Crippen LogP contribution >= 0.6 is 0 Å². The summed E-state index contributed by atoms with van der Waals surface area (Å²) in [6.07, 6.45) is -0.0131. The van der Waals surface area contributed by atoms with Gasteiger partial charge in [-0.05, 0) is 55.0 Å². The van der Waals surface area contributed by atoms with Crippen molar-refractivity contribution in [3.8, 4) is 22.8 Å². The van der Waals surface area contributed by atoms with E-state index in [0.717, 1.165) is 21.3 Å². The molecule has 2 aromatic carbocycles. The van der Waals surface area contributed by atoms with Gasteiger partial charge >= 0.3 is 17.9 Å². The molecule has 12 heteroatoms. The fourth-order valence-corrected chi connectivity index (χ4v) is 4.34. The summed E-state index contributed by atoms with van der Waals surface area (Å²) < 4.78 is 43.9. The van der Waals surface area contributed by atoms with Crippen molar-refractivity contribution in [2.24, 2.45) is 0 Å². The minimum Gasteiger partial charge on any atom is -0.333 e. The molecular formula is C28H20F3N7O2. The molecule has 1 N–H and O–H groups in total. The second-order valence-corrected chi connectivity index (χ2v) is 8.71. The maximum Gasteiger partial charge on any atom is 0.416 e. The molecule has 0 fully saturated rings. The van der Waals surface area contributed by atoms with E-state index in [1.165, 1.54) is 23.0 Å². The molecule has 1 amide bonds. The first-order valence-electron chi connectivity index (χ1n) is 11.9. The number of halogens is 3. The van der Waals surface area contributed by atoms with Crippen molar-refractivity contribution in [3.63, 3.8) is 0 Å². The van der Waals surface area contributed by atoms with Gasteiger partial charge in [0.15, 0.2) is 5.69 Å². The van der Waals surface area contributed by atoms with Gasteiger partial charge in [0.25, 0.3) is 0 Å². The number of aromatic nitrogens is 5. The zero-order valence-corrected chi connectivity index (χ0v) is 20.9. The Labute approximate surface area is 225 Å². The van der Waals surface area contributed by atoms with Gasteiger partial charge in [-0.3, -0.25) is 9.55 Å². The summed E-state index contributed by atoms with van der Waals surface area (Å²) in [6.45, 7) is 8.78. The van der Waals surface area contributed by atoms with Gasteiger partial charge in [0.1, 0.15) is 5.69 Å². The highest BCUT2D eigenvalue weighted by atomic mass is 19.4. The number of imidazole rings is 1. The highest BCUT2D eigenvalue weighted by molar-refractivity contribution is 5.83. The second-order valence-electron chi connectivity index (χ2n) is 8.71. The van der Waals surface area contributed by atoms with E-state index in [2.05, 4.69) is 20.2 Å². The lowest BCUT2D eigenvalue weighted by Gasteiger charge is -2.12. The number of benzene rings is 2. The Bertz CT molecular complexity index is 1790. The Morgan fingerprint density at radius 1 is 1.02 bits per heavy atom. The molecule has 0 aliphatic heterocycles. The van der Waals surface area contributed by atoms with E-state index < -0.39 is 23.5 Å². The van der Waals surface area contributed by atoms with Crippen molar-refractivity contribution in [1.29, 1.82) is 0 Å². The Hall–Kier alpha value is -5.44. The Morgan fingerprint density at radius 3 is 2.48 bits per heavy atom. The molecule has 0 bridgehead atoms. The van der Waals surface area contributed by atoms with Crippen LogP contribution in [0.5, 0.6) is 0 Å². The summed E-state index contributed by atoms with van der Waals surface area (Å²) in [4.78, 5) is 34.6. The topological polar surface area (TPSA) is 91.1 Å². The highest BCUT2D eigenvalue weighted by Gasteiger charge is 2.32. The molecule has 5 rings (SSSR count). The van der Waals surface area contributed by atoms with Crippen LogP contribution in [0.4, 0.5) is 23.7 Å². The van der Waals surface area contributed by atoms with Crippen molar-refractivity contribution < 1.29 is 18.0 Å². The Balaban J connectivity index is 1.68. The number of carbonyl (C=O) groups excluding carboxylic acids is 1. The minimum absolute atomic E-state index is 0.0511. The largest absolute Gasteiger partial charge is 0.416 e. The third kappa shape index (κ3) is 4.88. The van der Waals surface area contributed by atoms with Crippen molar-refractivity contribution >= 4 is 11.7 Å². The lowest BCUT2D eigenvalue weighted by molar-refractivity contribution is -0.137. The number of carbonyl (C=O) groups is 1. The third-order valence-corrected chi connectivity index (χ3v) is 6.19. The summed E-state index contributed by atoms with van der Waals surface area (Å²) >= 11 is 0. The average molecular weight is 544 g/mol.